The average molecular weight is 373 g/mol. The van der Waals surface area contributed by atoms with E-state index in [1.807, 2.05) is 53.4 Å². The van der Waals surface area contributed by atoms with Crippen LogP contribution >= 0.6 is 11.6 Å². The minimum atomic E-state index is 0.187. The van der Waals surface area contributed by atoms with Crippen molar-refractivity contribution >= 4 is 23.2 Å². The Labute approximate surface area is 160 Å². The number of hydrogen-bond acceptors (Lipinski definition) is 3. The van der Waals surface area contributed by atoms with E-state index in [9.17, 15) is 4.79 Å². The number of benzene rings is 2. The Hall–Kier alpha value is -2.04. The van der Waals surface area contributed by atoms with E-state index in [0.717, 1.165) is 42.2 Å². The van der Waals surface area contributed by atoms with Gasteiger partial charge in [0, 0.05) is 30.9 Å². The highest BCUT2D eigenvalue weighted by Crippen LogP contribution is 2.20. The zero-order valence-corrected chi connectivity index (χ0v) is 15.8. The molecule has 1 fully saturated rings. The molecule has 0 aromatic heterocycles. The summed E-state index contributed by atoms with van der Waals surface area (Å²) >= 11 is 5.90. The van der Waals surface area contributed by atoms with Crippen LogP contribution in [0.3, 0.4) is 0 Å². The van der Waals surface area contributed by atoms with E-state index in [1.54, 1.807) is 7.11 Å². The standard InChI is InChI=1S/C21H25ClN2O2/c1-26-15-20-3-2-12-24(20)21(25)13-16-6-10-19(11-7-16)23-14-17-4-8-18(22)9-5-17/h4-11,20,23H,2-3,12-15H2,1H3/t20-/m0/s1. The molecule has 138 valence electrons. The van der Waals surface area contributed by atoms with Gasteiger partial charge in [0.2, 0.25) is 5.91 Å². The SMILES string of the molecule is COC[C@@H]1CCCN1C(=O)Cc1ccc(NCc2ccc(Cl)cc2)cc1. The molecular weight excluding hydrogens is 348 g/mol. The van der Waals surface area contributed by atoms with Crippen LogP contribution in [0.2, 0.25) is 5.02 Å². The number of methoxy groups -OCH3 is 1. The summed E-state index contributed by atoms with van der Waals surface area (Å²) < 4.78 is 5.23. The Balaban J connectivity index is 1.52. The lowest BCUT2D eigenvalue weighted by Gasteiger charge is -2.24. The number of anilines is 1. The molecule has 26 heavy (non-hydrogen) atoms. The zero-order valence-electron chi connectivity index (χ0n) is 15.1. The molecule has 3 rings (SSSR count). The molecule has 2 aromatic rings. The molecule has 2 aromatic carbocycles. The van der Waals surface area contributed by atoms with Gasteiger partial charge in [-0.2, -0.15) is 0 Å². The van der Waals surface area contributed by atoms with E-state index in [4.69, 9.17) is 16.3 Å². The monoisotopic (exact) mass is 372 g/mol. The van der Waals surface area contributed by atoms with Crippen LogP contribution in [0, 0.1) is 0 Å². The topological polar surface area (TPSA) is 41.6 Å². The molecule has 0 aliphatic carbocycles. The number of likely N-dealkylation sites (tertiary alicyclic amines) is 1. The highest BCUT2D eigenvalue weighted by molar-refractivity contribution is 6.30. The van der Waals surface area contributed by atoms with E-state index >= 15 is 0 Å². The van der Waals surface area contributed by atoms with E-state index in [0.29, 0.717) is 13.0 Å². The molecule has 0 saturated carbocycles. The number of ether oxygens (including phenoxy) is 1. The molecule has 4 nitrogen and oxygen atoms in total. The Morgan fingerprint density at radius 2 is 1.85 bits per heavy atom. The van der Waals surface area contributed by atoms with Gasteiger partial charge in [-0.15, -0.1) is 0 Å². The predicted octanol–water partition coefficient (Wildman–Crippen LogP) is 4.13. The van der Waals surface area contributed by atoms with Gasteiger partial charge in [-0.3, -0.25) is 4.79 Å². The van der Waals surface area contributed by atoms with Gasteiger partial charge in [0.25, 0.3) is 0 Å². The maximum absolute atomic E-state index is 12.6. The van der Waals surface area contributed by atoms with Gasteiger partial charge in [0.1, 0.15) is 0 Å². The van der Waals surface area contributed by atoms with Crippen molar-refractivity contribution in [2.45, 2.75) is 31.8 Å². The van der Waals surface area contributed by atoms with Crippen molar-refractivity contribution in [2.24, 2.45) is 0 Å². The lowest BCUT2D eigenvalue weighted by molar-refractivity contribution is -0.132. The van der Waals surface area contributed by atoms with Gasteiger partial charge in [-0.1, -0.05) is 35.9 Å². The van der Waals surface area contributed by atoms with E-state index in [-0.39, 0.29) is 11.9 Å². The summed E-state index contributed by atoms with van der Waals surface area (Å²) in [4.78, 5) is 14.5. The first-order valence-corrected chi connectivity index (χ1v) is 9.39. The van der Waals surface area contributed by atoms with Crippen molar-refractivity contribution in [1.29, 1.82) is 0 Å². The van der Waals surface area contributed by atoms with Gasteiger partial charge >= 0.3 is 0 Å². The number of carbonyl (C=O) groups excluding carboxylic acids is 1. The Bertz CT molecular complexity index is 716. The molecule has 1 aliphatic heterocycles. The van der Waals surface area contributed by atoms with Gasteiger partial charge in [-0.25, -0.2) is 0 Å². The Kier molecular flexibility index (Phi) is 6.53. The summed E-state index contributed by atoms with van der Waals surface area (Å²) in [5.74, 6) is 0.187. The maximum atomic E-state index is 12.6. The van der Waals surface area contributed by atoms with Crippen molar-refractivity contribution in [3.63, 3.8) is 0 Å². The van der Waals surface area contributed by atoms with Gasteiger partial charge in [0.15, 0.2) is 0 Å². The fourth-order valence-corrected chi connectivity index (χ4v) is 3.48. The normalized spacial score (nSPS) is 16.7. The highest BCUT2D eigenvalue weighted by Gasteiger charge is 2.28. The van der Waals surface area contributed by atoms with Crippen LogP contribution in [-0.4, -0.2) is 37.1 Å². The minimum Gasteiger partial charge on any atom is -0.383 e. The van der Waals surface area contributed by atoms with Crippen molar-refractivity contribution < 1.29 is 9.53 Å². The van der Waals surface area contributed by atoms with E-state index < -0.39 is 0 Å². The molecule has 1 aliphatic rings. The highest BCUT2D eigenvalue weighted by atomic mass is 35.5. The molecule has 5 heteroatoms. The molecule has 0 radical (unpaired) electrons. The molecule has 1 N–H and O–H groups in total. The number of hydrogen-bond donors (Lipinski definition) is 1. The fourth-order valence-electron chi connectivity index (χ4n) is 3.35. The molecule has 1 saturated heterocycles. The van der Waals surface area contributed by atoms with E-state index in [1.165, 1.54) is 5.56 Å². The molecule has 1 atom stereocenters. The molecule has 1 heterocycles. The minimum absolute atomic E-state index is 0.187. The third-order valence-corrected chi connectivity index (χ3v) is 5.03. The van der Waals surface area contributed by atoms with Crippen molar-refractivity contribution in [1.82, 2.24) is 4.90 Å². The lowest BCUT2D eigenvalue weighted by atomic mass is 10.1. The number of rotatable bonds is 7. The first kappa shape index (κ1) is 18.7. The summed E-state index contributed by atoms with van der Waals surface area (Å²) in [5, 5.41) is 4.13. The summed E-state index contributed by atoms with van der Waals surface area (Å²) in [6.45, 7) is 2.20. The van der Waals surface area contributed by atoms with Gasteiger partial charge in [-0.05, 0) is 48.2 Å². The van der Waals surface area contributed by atoms with Crippen molar-refractivity contribution in [3.05, 3.63) is 64.7 Å². The van der Waals surface area contributed by atoms with E-state index in [2.05, 4.69) is 5.32 Å². The van der Waals surface area contributed by atoms with Crippen LogP contribution in [-0.2, 0) is 22.5 Å². The number of amides is 1. The van der Waals surface area contributed by atoms with Crippen molar-refractivity contribution in [2.75, 3.05) is 25.6 Å². The third kappa shape index (κ3) is 4.99. The zero-order chi connectivity index (χ0) is 18.4. The smallest absolute Gasteiger partial charge is 0.227 e. The summed E-state index contributed by atoms with van der Waals surface area (Å²) in [6.07, 6.45) is 2.54. The molecule has 0 spiro atoms. The summed E-state index contributed by atoms with van der Waals surface area (Å²) in [5.41, 5.74) is 3.25. The Morgan fingerprint density at radius 3 is 2.54 bits per heavy atom. The number of halogens is 1. The van der Waals surface area contributed by atoms with Crippen LogP contribution in [0.1, 0.15) is 24.0 Å². The summed E-state index contributed by atoms with van der Waals surface area (Å²) in [6, 6.07) is 16.1. The largest absolute Gasteiger partial charge is 0.383 e. The number of nitrogens with one attached hydrogen (secondary N) is 1. The van der Waals surface area contributed by atoms with Gasteiger partial charge < -0.3 is 15.0 Å². The molecule has 0 bridgehead atoms. The Morgan fingerprint density at radius 1 is 1.15 bits per heavy atom. The lowest BCUT2D eigenvalue weighted by Crippen LogP contribution is -2.38. The second kappa shape index (κ2) is 9.06. The second-order valence-corrected chi connectivity index (χ2v) is 7.13. The van der Waals surface area contributed by atoms with Crippen LogP contribution in [0.15, 0.2) is 48.5 Å². The quantitative estimate of drug-likeness (QED) is 0.794. The maximum Gasteiger partial charge on any atom is 0.227 e. The molecule has 1 amide bonds. The van der Waals surface area contributed by atoms with Crippen LogP contribution < -0.4 is 5.32 Å². The third-order valence-electron chi connectivity index (χ3n) is 4.78. The van der Waals surface area contributed by atoms with Gasteiger partial charge in [0.05, 0.1) is 19.1 Å². The van der Waals surface area contributed by atoms with Crippen LogP contribution in [0.5, 0.6) is 0 Å². The second-order valence-electron chi connectivity index (χ2n) is 6.69. The number of nitrogens with zero attached hydrogens (tertiary/aromatic N) is 1. The molecule has 0 unspecified atom stereocenters. The fraction of sp³-hybridized carbons (Fsp3) is 0.381. The van der Waals surface area contributed by atoms with Crippen molar-refractivity contribution in [3.8, 4) is 0 Å². The first-order chi connectivity index (χ1) is 12.7. The van der Waals surface area contributed by atoms with Crippen LogP contribution in [0.4, 0.5) is 5.69 Å². The predicted molar refractivity (Wildman–Crippen MR) is 106 cm³/mol. The summed E-state index contributed by atoms with van der Waals surface area (Å²) in [7, 11) is 1.69. The van der Waals surface area contributed by atoms with Crippen LogP contribution in [0.25, 0.3) is 0 Å². The molecular formula is C21H25ClN2O2. The first-order valence-electron chi connectivity index (χ1n) is 9.01. The number of carbonyl (C=O) groups is 1. The average Bonchev–Trinajstić information content (AvgIpc) is 3.11.